The van der Waals surface area contributed by atoms with Crippen LogP contribution < -0.4 is 14.4 Å². The Bertz CT molecular complexity index is 997. The molecule has 2 aliphatic rings. The van der Waals surface area contributed by atoms with Crippen LogP contribution in [0.25, 0.3) is 0 Å². The van der Waals surface area contributed by atoms with Crippen LogP contribution >= 0.6 is 0 Å². The number of unbranched alkanes of at least 4 members (excludes halogenated alkanes) is 1. The highest BCUT2D eigenvalue weighted by Crippen LogP contribution is 2.43. The summed E-state index contributed by atoms with van der Waals surface area (Å²) in [6, 6.07) is 13.7. The maximum absolute atomic E-state index is 13.0. The number of hydrogen-bond donors (Lipinski definition) is 1. The zero-order valence-corrected chi connectivity index (χ0v) is 15.1. The number of anilines is 1. The summed E-state index contributed by atoms with van der Waals surface area (Å²) >= 11 is 0. The quantitative estimate of drug-likeness (QED) is 0.612. The van der Waals surface area contributed by atoms with Crippen molar-refractivity contribution < 1.29 is 24.2 Å². The average Bonchev–Trinajstić information content (AvgIpc) is 3.25. The number of fused-ring (bicyclic) bond motifs is 2. The van der Waals surface area contributed by atoms with Crippen molar-refractivity contribution in [3.05, 3.63) is 53.6 Å². The van der Waals surface area contributed by atoms with Crippen LogP contribution in [0.1, 0.15) is 35.2 Å². The molecule has 0 unspecified atom stereocenters. The van der Waals surface area contributed by atoms with Crippen LogP contribution in [0.2, 0.25) is 0 Å². The minimum atomic E-state index is -1.93. The van der Waals surface area contributed by atoms with E-state index in [0.717, 1.165) is 0 Å². The number of aliphatic hydroxyl groups is 1. The molecule has 2 aromatic rings. The number of para-hydroxylation sites is 1. The first-order valence-corrected chi connectivity index (χ1v) is 8.98. The van der Waals surface area contributed by atoms with Gasteiger partial charge in [0.2, 0.25) is 6.79 Å². The van der Waals surface area contributed by atoms with Gasteiger partial charge in [0.25, 0.3) is 5.91 Å². The molecule has 1 amide bonds. The van der Waals surface area contributed by atoms with Gasteiger partial charge in [0, 0.05) is 24.1 Å². The molecular weight excluding hydrogens is 360 g/mol. The fraction of sp³-hybridized carbons (Fsp3) is 0.286. The molecule has 2 aliphatic heterocycles. The molecule has 2 heterocycles. The van der Waals surface area contributed by atoms with Crippen molar-refractivity contribution >= 4 is 17.4 Å². The van der Waals surface area contributed by atoms with Gasteiger partial charge in [0.15, 0.2) is 22.9 Å². The summed E-state index contributed by atoms with van der Waals surface area (Å²) in [5.41, 5.74) is -0.611. The van der Waals surface area contributed by atoms with Crippen LogP contribution in [0.15, 0.2) is 42.5 Å². The molecular formula is C21H18N2O5. The molecule has 1 atom stereocenters. The molecule has 0 saturated heterocycles. The number of rotatable bonds is 6. The minimum Gasteiger partial charge on any atom is -0.454 e. The van der Waals surface area contributed by atoms with E-state index in [1.807, 2.05) is 6.07 Å². The SMILES string of the molecule is N#CCCCN1C(=O)[C@](O)(CC(=O)c2ccc3c(c2)OCO3)c2ccccc21. The smallest absolute Gasteiger partial charge is 0.264 e. The lowest BCUT2D eigenvalue weighted by Gasteiger charge is -2.22. The predicted octanol–water partition coefficient (Wildman–Crippen LogP) is 2.53. The number of ketones is 1. The normalized spacial score (nSPS) is 19.4. The number of ether oxygens (including phenoxy) is 2. The number of benzene rings is 2. The zero-order valence-electron chi connectivity index (χ0n) is 15.1. The largest absolute Gasteiger partial charge is 0.454 e. The topological polar surface area (TPSA) is 99.9 Å². The Morgan fingerprint density at radius 2 is 2.00 bits per heavy atom. The second-order valence-corrected chi connectivity index (χ2v) is 6.76. The second kappa shape index (κ2) is 6.98. The van der Waals surface area contributed by atoms with Gasteiger partial charge in [-0.2, -0.15) is 5.26 Å². The zero-order chi connectivity index (χ0) is 19.7. The van der Waals surface area contributed by atoms with Crippen LogP contribution in [0.5, 0.6) is 11.5 Å². The molecule has 28 heavy (non-hydrogen) atoms. The Kier molecular flexibility index (Phi) is 4.49. The van der Waals surface area contributed by atoms with E-state index >= 15 is 0 Å². The van der Waals surface area contributed by atoms with E-state index in [1.54, 1.807) is 42.5 Å². The summed E-state index contributed by atoms with van der Waals surface area (Å²) in [4.78, 5) is 27.3. The number of carbonyl (C=O) groups excluding carboxylic acids is 2. The third-order valence-corrected chi connectivity index (χ3v) is 5.02. The van der Waals surface area contributed by atoms with Gasteiger partial charge in [-0.25, -0.2) is 0 Å². The third-order valence-electron chi connectivity index (χ3n) is 5.02. The van der Waals surface area contributed by atoms with Gasteiger partial charge in [-0.05, 0) is 30.7 Å². The average molecular weight is 378 g/mol. The summed E-state index contributed by atoms with van der Waals surface area (Å²) in [7, 11) is 0. The number of Topliss-reactive ketones (excluding diaryl/α,β-unsaturated/α-hetero) is 1. The molecule has 0 radical (unpaired) electrons. The van der Waals surface area contributed by atoms with Crippen LogP contribution in [0.3, 0.4) is 0 Å². The number of hydrogen-bond acceptors (Lipinski definition) is 6. The molecule has 4 rings (SSSR count). The van der Waals surface area contributed by atoms with Crippen LogP contribution in [-0.4, -0.2) is 30.1 Å². The van der Waals surface area contributed by atoms with E-state index in [4.69, 9.17) is 14.7 Å². The molecule has 7 heteroatoms. The van der Waals surface area contributed by atoms with Gasteiger partial charge in [-0.3, -0.25) is 9.59 Å². The Morgan fingerprint density at radius 3 is 2.82 bits per heavy atom. The lowest BCUT2D eigenvalue weighted by molar-refractivity contribution is -0.135. The minimum absolute atomic E-state index is 0.0977. The Balaban J connectivity index is 1.62. The fourth-order valence-electron chi connectivity index (χ4n) is 3.62. The summed E-state index contributed by atoms with van der Waals surface area (Å²) in [5.74, 6) is 0.110. The van der Waals surface area contributed by atoms with Crippen molar-refractivity contribution in [3.63, 3.8) is 0 Å². The van der Waals surface area contributed by atoms with Crippen LogP contribution in [0.4, 0.5) is 5.69 Å². The maximum Gasteiger partial charge on any atom is 0.264 e. The van der Waals surface area contributed by atoms with Gasteiger partial charge in [0.1, 0.15) is 0 Å². The Labute approximate surface area is 161 Å². The summed E-state index contributed by atoms with van der Waals surface area (Å²) in [6.45, 7) is 0.407. The van der Waals surface area contributed by atoms with Gasteiger partial charge >= 0.3 is 0 Å². The fourth-order valence-corrected chi connectivity index (χ4v) is 3.62. The van der Waals surface area contributed by atoms with Crippen molar-refractivity contribution in [2.75, 3.05) is 18.2 Å². The summed E-state index contributed by atoms with van der Waals surface area (Å²) < 4.78 is 10.5. The van der Waals surface area contributed by atoms with E-state index in [0.29, 0.717) is 47.7 Å². The van der Waals surface area contributed by atoms with Gasteiger partial charge in [0.05, 0.1) is 18.2 Å². The Hall–Kier alpha value is -3.37. The van der Waals surface area contributed by atoms with Crippen molar-refractivity contribution in [3.8, 4) is 17.6 Å². The van der Waals surface area contributed by atoms with E-state index in [9.17, 15) is 14.7 Å². The van der Waals surface area contributed by atoms with Gasteiger partial charge < -0.3 is 19.5 Å². The first-order chi connectivity index (χ1) is 13.5. The monoisotopic (exact) mass is 378 g/mol. The van der Waals surface area contributed by atoms with E-state index < -0.39 is 11.5 Å². The molecule has 0 fully saturated rings. The lowest BCUT2D eigenvalue weighted by atomic mass is 9.88. The number of carbonyl (C=O) groups is 2. The molecule has 1 N–H and O–H groups in total. The van der Waals surface area contributed by atoms with Crippen molar-refractivity contribution in [1.29, 1.82) is 5.26 Å². The molecule has 7 nitrogen and oxygen atoms in total. The lowest BCUT2D eigenvalue weighted by Crippen LogP contribution is -2.42. The van der Waals surface area contributed by atoms with Gasteiger partial charge in [-0.15, -0.1) is 0 Å². The first kappa shape index (κ1) is 18.0. The van der Waals surface area contributed by atoms with Crippen molar-refractivity contribution in [2.24, 2.45) is 0 Å². The molecule has 142 valence electrons. The van der Waals surface area contributed by atoms with E-state index in [1.165, 1.54) is 4.90 Å². The summed E-state index contributed by atoms with van der Waals surface area (Å²) in [6.07, 6.45) is 0.417. The molecule has 0 bridgehead atoms. The van der Waals surface area contributed by atoms with Crippen molar-refractivity contribution in [2.45, 2.75) is 24.9 Å². The third kappa shape index (κ3) is 2.88. The molecule has 0 spiro atoms. The van der Waals surface area contributed by atoms with Crippen LogP contribution in [-0.2, 0) is 10.4 Å². The number of nitrogens with zero attached hydrogens (tertiary/aromatic N) is 2. The Morgan fingerprint density at radius 1 is 1.21 bits per heavy atom. The maximum atomic E-state index is 13.0. The highest BCUT2D eigenvalue weighted by Gasteiger charge is 2.50. The van der Waals surface area contributed by atoms with E-state index in [2.05, 4.69) is 0 Å². The number of amides is 1. The first-order valence-electron chi connectivity index (χ1n) is 8.98. The molecule has 2 aromatic carbocycles. The van der Waals surface area contributed by atoms with Crippen molar-refractivity contribution in [1.82, 2.24) is 0 Å². The van der Waals surface area contributed by atoms with Gasteiger partial charge in [-0.1, -0.05) is 18.2 Å². The number of nitriles is 1. The molecule has 0 saturated carbocycles. The standard InChI is InChI=1S/C21H18N2O5/c22-9-3-4-10-23-16-6-2-1-5-15(16)21(26,20(23)25)12-17(24)14-7-8-18-19(11-14)28-13-27-18/h1-2,5-8,11,26H,3-4,10,12-13H2/t21-/m0/s1. The highest BCUT2D eigenvalue weighted by atomic mass is 16.7. The predicted molar refractivity (Wildman–Crippen MR) is 99.1 cm³/mol. The molecule has 0 aliphatic carbocycles. The van der Waals surface area contributed by atoms with Crippen LogP contribution in [0, 0.1) is 11.3 Å². The highest BCUT2D eigenvalue weighted by molar-refractivity contribution is 6.10. The van der Waals surface area contributed by atoms with E-state index in [-0.39, 0.29) is 19.0 Å². The molecule has 0 aromatic heterocycles. The second-order valence-electron chi connectivity index (χ2n) is 6.76. The summed E-state index contributed by atoms with van der Waals surface area (Å²) in [5, 5.41) is 20.0.